The molecule has 108 valence electrons. The number of anilines is 1. The van der Waals surface area contributed by atoms with Crippen LogP contribution in [0.2, 0.25) is 0 Å². The van der Waals surface area contributed by atoms with Gasteiger partial charge in [-0.05, 0) is 30.7 Å². The van der Waals surface area contributed by atoms with E-state index >= 15 is 0 Å². The number of nitrogens with zero attached hydrogens (tertiary/aromatic N) is 1. The van der Waals surface area contributed by atoms with Crippen LogP contribution in [0.5, 0.6) is 0 Å². The Hall–Kier alpha value is -1.20. The predicted molar refractivity (Wildman–Crippen MR) is 86.5 cm³/mol. The van der Waals surface area contributed by atoms with E-state index in [9.17, 15) is 4.21 Å². The van der Waals surface area contributed by atoms with Crippen molar-refractivity contribution in [3.63, 3.8) is 0 Å². The highest BCUT2D eigenvalue weighted by atomic mass is 32.2. The lowest BCUT2D eigenvalue weighted by Gasteiger charge is -2.14. The van der Waals surface area contributed by atoms with Gasteiger partial charge in [-0.25, -0.2) is 4.98 Å². The van der Waals surface area contributed by atoms with Crippen molar-refractivity contribution in [1.29, 1.82) is 0 Å². The molecular formula is C15H20N2OS2. The maximum absolute atomic E-state index is 12.4. The van der Waals surface area contributed by atoms with E-state index in [1.807, 2.05) is 25.1 Å². The van der Waals surface area contributed by atoms with Crippen molar-refractivity contribution < 1.29 is 4.21 Å². The number of benzene rings is 1. The topological polar surface area (TPSA) is 56.0 Å². The van der Waals surface area contributed by atoms with Gasteiger partial charge in [-0.2, -0.15) is 0 Å². The summed E-state index contributed by atoms with van der Waals surface area (Å²) in [5.74, 6) is 0.462. The fourth-order valence-corrected chi connectivity index (χ4v) is 4.09. The Kier molecular flexibility index (Phi) is 4.30. The van der Waals surface area contributed by atoms with Crippen LogP contribution in [0.1, 0.15) is 37.0 Å². The first-order chi connectivity index (χ1) is 9.27. The first-order valence-electron chi connectivity index (χ1n) is 6.47. The van der Waals surface area contributed by atoms with Gasteiger partial charge in [0.15, 0.2) is 0 Å². The van der Waals surface area contributed by atoms with Crippen molar-refractivity contribution in [2.75, 3.05) is 5.73 Å². The fraction of sp³-hybridized carbons (Fsp3) is 0.400. The summed E-state index contributed by atoms with van der Waals surface area (Å²) in [6.07, 6.45) is 0. The quantitative estimate of drug-likeness (QED) is 0.881. The molecule has 20 heavy (non-hydrogen) atoms. The number of nitrogen functional groups attached to an aromatic ring is 1. The summed E-state index contributed by atoms with van der Waals surface area (Å²) in [7, 11) is -1.07. The number of nitrogens with two attached hydrogens (primary N) is 1. The van der Waals surface area contributed by atoms with Crippen LogP contribution in [0.3, 0.4) is 0 Å². The third kappa shape index (κ3) is 3.46. The van der Waals surface area contributed by atoms with Crippen LogP contribution >= 0.6 is 11.3 Å². The average Bonchev–Trinajstić information content (AvgIpc) is 2.81. The molecule has 0 aliphatic carbocycles. The highest BCUT2D eigenvalue weighted by Gasteiger charge is 2.18. The molecule has 0 fully saturated rings. The van der Waals surface area contributed by atoms with Gasteiger partial charge >= 0.3 is 0 Å². The molecule has 5 heteroatoms. The van der Waals surface area contributed by atoms with Crippen molar-refractivity contribution in [1.82, 2.24) is 4.98 Å². The molecule has 1 aromatic carbocycles. The van der Waals surface area contributed by atoms with Gasteiger partial charge in [-0.15, -0.1) is 11.3 Å². The summed E-state index contributed by atoms with van der Waals surface area (Å²) >= 11 is 1.58. The van der Waals surface area contributed by atoms with Gasteiger partial charge in [0.2, 0.25) is 0 Å². The molecular weight excluding hydrogens is 288 g/mol. The van der Waals surface area contributed by atoms with E-state index in [1.54, 1.807) is 11.3 Å². The Bertz CT molecular complexity index is 642. The van der Waals surface area contributed by atoms with Gasteiger partial charge in [0.25, 0.3) is 0 Å². The number of aryl methyl sites for hydroxylation is 1. The maximum Gasteiger partial charge on any atom is 0.106 e. The molecule has 3 nitrogen and oxygen atoms in total. The summed E-state index contributed by atoms with van der Waals surface area (Å²) in [6, 6.07) is 5.53. The van der Waals surface area contributed by atoms with E-state index in [-0.39, 0.29) is 5.41 Å². The summed E-state index contributed by atoms with van der Waals surface area (Å²) in [5, 5.41) is 2.98. The van der Waals surface area contributed by atoms with E-state index in [0.29, 0.717) is 5.75 Å². The third-order valence-electron chi connectivity index (χ3n) is 3.08. The van der Waals surface area contributed by atoms with Crippen molar-refractivity contribution in [2.45, 2.75) is 43.8 Å². The number of rotatable bonds is 3. The van der Waals surface area contributed by atoms with Crippen molar-refractivity contribution in [2.24, 2.45) is 0 Å². The second-order valence-electron chi connectivity index (χ2n) is 5.88. The molecule has 0 bridgehead atoms. The second kappa shape index (κ2) is 5.66. The van der Waals surface area contributed by atoms with E-state index in [0.717, 1.165) is 26.8 Å². The minimum atomic E-state index is -1.07. The maximum atomic E-state index is 12.4. The lowest BCUT2D eigenvalue weighted by molar-refractivity contribution is 0.571. The van der Waals surface area contributed by atoms with E-state index < -0.39 is 10.8 Å². The van der Waals surface area contributed by atoms with Gasteiger partial charge in [-0.1, -0.05) is 20.8 Å². The van der Waals surface area contributed by atoms with E-state index in [2.05, 4.69) is 31.1 Å². The molecule has 0 aliphatic rings. The zero-order valence-electron chi connectivity index (χ0n) is 12.3. The number of hydrogen-bond donors (Lipinski definition) is 1. The first-order valence-corrected chi connectivity index (χ1v) is 8.66. The molecule has 0 aliphatic heterocycles. The molecule has 0 saturated heterocycles. The van der Waals surface area contributed by atoms with Gasteiger partial charge in [0, 0.05) is 21.4 Å². The van der Waals surface area contributed by atoms with Crippen LogP contribution in [0.25, 0.3) is 0 Å². The summed E-state index contributed by atoms with van der Waals surface area (Å²) in [6.45, 7) is 8.32. The molecule has 0 radical (unpaired) electrons. The number of hydrogen-bond acceptors (Lipinski definition) is 4. The van der Waals surface area contributed by atoms with Gasteiger partial charge in [0.1, 0.15) is 5.01 Å². The molecule has 1 aromatic heterocycles. The van der Waals surface area contributed by atoms with E-state index in [1.165, 1.54) is 0 Å². The van der Waals surface area contributed by atoms with E-state index in [4.69, 9.17) is 5.73 Å². The molecule has 2 rings (SSSR count). The van der Waals surface area contributed by atoms with Gasteiger partial charge < -0.3 is 5.73 Å². The Morgan fingerprint density at radius 1 is 1.35 bits per heavy atom. The van der Waals surface area contributed by atoms with Crippen LogP contribution in [0.4, 0.5) is 5.69 Å². The summed E-state index contributed by atoms with van der Waals surface area (Å²) < 4.78 is 12.4. The van der Waals surface area contributed by atoms with Crippen molar-refractivity contribution in [3.05, 3.63) is 39.8 Å². The molecule has 2 N–H and O–H groups in total. The highest BCUT2D eigenvalue weighted by Crippen LogP contribution is 2.25. The smallest absolute Gasteiger partial charge is 0.106 e. The van der Waals surface area contributed by atoms with Crippen LogP contribution in [-0.2, 0) is 22.0 Å². The van der Waals surface area contributed by atoms with Crippen LogP contribution in [-0.4, -0.2) is 9.19 Å². The zero-order valence-corrected chi connectivity index (χ0v) is 13.9. The second-order valence-corrected chi connectivity index (χ2v) is 8.28. The normalized spacial score (nSPS) is 13.4. The monoisotopic (exact) mass is 308 g/mol. The number of aromatic nitrogens is 1. The molecule has 0 spiro atoms. The molecule has 1 heterocycles. The molecule has 2 aromatic rings. The Morgan fingerprint density at radius 3 is 2.60 bits per heavy atom. The number of thiazole rings is 1. The Balaban J connectivity index is 2.15. The van der Waals surface area contributed by atoms with Crippen molar-refractivity contribution >= 4 is 27.8 Å². The standard InChI is InChI=1S/C15H20N2OS2/c1-10-7-11(5-6-12(10)16)20(18)9-14-17-13(8-19-14)15(2,3)4/h5-8H,9,16H2,1-4H3. The average molecular weight is 308 g/mol. The molecule has 0 amide bonds. The molecule has 1 unspecified atom stereocenters. The lowest BCUT2D eigenvalue weighted by atomic mass is 9.93. The molecule has 0 saturated carbocycles. The Morgan fingerprint density at radius 2 is 2.05 bits per heavy atom. The predicted octanol–water partition coefficient (Wildman–Crippen LogP) is 3.64. The highest BCUT2D eigenvalue weighted by molar-refractivity contribution is 7.84. The van der Waals surface area contributed by atoms with Crippen LogP contribution < -0.4 is 5.73 Å². The molecule has 1 atom stereocenters. The summed E-state index contributed by atoms with van der Waals surface area (Å²) in [4.78, 5) is 5.40. The van der Waals surface area contributed by atoms with Crippen molar-refractivity contribution in [3.8, 4) is 0 Å². The van der Waals surface area contributed by atoms with Crippen LogP contribution in [0.15, 0.2) is 28.5 Å². The third-order valence-corrected chi connectivity index (χ3v) is 5.43. The largest absolute Gasteiger partial charge is 0.399 e. The van der Waals surface area contributed by atoms with Gasteiger partial charge in [0.05, 0.1) is 22.2 Å². The lowest BCUT2D eigenvalue weighted by Crippen LogP contribution is -2.11. The minimum Gasteiger partial charge on any atom is -0.399 e. The van der Waals surface area contributed by atoms with Gasteiger partial charge in [-0.3, -0.25) is 4.21 Å². The summed E-state index contributed by atoms with van der Waals surface area (Å²) in [5.41, 5.74) is 8.57. The fourth-order valence-electron chi connectivity index (χ4n) is 1.71. The zero-order chi connectivity index (χ0) is 14.9. The van der Waals surface area contributed by atoms with Crippen LogP contribution in [0, 0.1) is 6.92 Å². The minimum absolute atomic E-state index is 0.0357. The Labute approximate surface area is 126 Å². The SMILES string of the molecule is Cc1cc(S(=O)Cc2nc(C(C)(C)C)cs2)ccc1N. The first kappa shape index (κ1) is 15.2.